The first kappa shape index (κ1) is 24.1. The number of aliphatic carboxylic acids is 1. The molecule has 1 saturated carbocycles. The Morgan fingerprint density at radius 1 is 1.13 bits per heavy atom. The second kappa shape index (κ2) is 11.9. The Kier molecular flexibility index (Phi) is 9.23. The normalized spacial score (nSPS) is 14.1. The Labute approximate surface area is 184 Å². The number of carbonyl (C=O) groups is 2. The summed E-state index contributed by atoms with van der Waals surface area (Å²) in [7, 11) is 0. The number of para-hydroxylation sites is 1. The van der Waals surface area contributed by atoms with Gasteiger partial charge in [0.15, 0.2) is 5.69 Å². The molecule has 1 aliphatic rings. The number of amides is 1. The van der Waals surface area contributed by atoms with Crippen LogP contribution in [0.1, 0.15) is 57.4 Å². The number of rotatable bonds is 7. The van der Waals surface area contributed by atoms with Crippen molar-refractivity contribution in [2.75, 3.05) is 0 Å². The van der Waals surface area contributed by atoms with Crippen LogP contribution in [0.2, 0.25) is 0 Å². The highest BCUT2D eigenvalue weighted by molar-refractivity contribution is 5.87. The minimum atomic E-state index is -0.967. The number of nitrogens with zero attached hydrogens (tertiary/aromatic N) is 1. The summed E-state index contributed by atoms with van der Waals surface area (Å²) in [6.07, 6.45) is 5.13. The molecule has 0 saturated heterocycles. The van der Waals surface area contributed by atoms with Crippen molar-refractivity contribution in [3.63, 3.8) is 0 Å². The van der Waals surface area contributed by atoms with Gasteiger partial charge in [-0.3, -0.25) is 4.79 Å². The summed E-state index contributed by atoms with van der Waals surface area (Å²) in [5.41, 5.74) is 8.40. The van der Waals surface area contributed by atoms with Gasteiger partial charge in [0.1, 0.15) is 5.54 Å². The van der Waals surface area contributed by atoms with Crippen LogP contribution in [0.25, 0.3) is 16.0 Å². The second-order valence-electron chi connectivity index (χ2n) is 7.78. The zero-order valence-corrected chi connectivity index (χ0v) is 18.1. The van der Waals surface area contributed by atoms with Crippen LogP contribution < -0.4 is 11.1 Å². The molecule has 164 valence electrons. The number of benzene rings is 2. The van der Waals surface area contributed by atoms with Gasteiger partial charge in [0.05, 0.1) is 6.57 Å². The van der Waals surface area contributed by atoms with Gasteiger partial charge in [-0.25, -0.2) is 9.64 Å². The number of unbranched alkanes of at least 4 members (excludes halogenated alkanes) is 1. The number of hydrogen-bond acceptors (Lipinski definition) is 3. The van der Waals surface area contributed by atoms with Crippen molar-refractivity contribution < 1.29 is 14.7 Å². The number of carboxylic acid groups (broad SMARTS) is 1. The van der Waals surface area contributed by atoms with Crippen LogP contribution in [-0.4, -0.2) is 22.5 Å². The Hall–Kier alpha value is -3.17. The first-order valence-corrected chi connectivity index (χ1v) is 10.8. The fraction of sp³-hybridized carbons (Fsp3) is 0.400. The average molecular weight is 422 g/mol. The molecule has 6 heteroatoms. The fourth-order valence-corrected chi connectivity index (χ4v) is 3.67. The van der Waals surface area contributed by atoms with E-state index in [2.05, 4.69) is 10.2 Å². The van der Waals surface area contributed by atoms with E-state index in [4.69, 9.17) is 17.4 Å². The molecule has 1 aliphatic carbocycles. The lowest BCUT2D eigenvalue weighted by atomic mass is 9.97. The highest BCUT2D eigenvalue weighted by Gasteiger charge is 2.42. The molecule has 31 heavy (non-hydrogen) atoms. The number of carboxylic acids is 1. The second-order valence-corrected chi connectivity index (χ2v) is 7.78. The highest BCUT2D eigenvalue weighted by atomic mass is 16.4. The third-order valence-electron chi connectivity index (χ3n) is 5.53. The van der Waals surface area contributed by atoms with E-state index in [9.17, 15) is 9.59 Å². The minimum Gasteiger partial charge on any atom is -0.480 e. The van der Waals surface area contributed by atoms with Gasteiger partial charge in [0.2, 0.25) is 5.91 Å². The van der Waals surface area contributed by atoms with E-state index in [0.29, 0.717) is 31.5 Å². The molecule has 0 radical (unpaired) electrons. The summed E-state index contributed by atoms with van der Waals surface area (Å²) in [5, 5.41) is 11.8. The van der Waals surface area contributed by atoms with Crippen LogP contribution in [0.3, 0.4) is 0 Å². The molecule has 0 spiro atoms. The van der Waals surface area contributed by atoms with Crippen molar-refractivity contribution in [1.82, 2.24) is 5.32 Å². The zero-order chi connectivity index (χ0) is 22.7. The van der Waals surface area contributed by atoms with Gasteiger partial charge in [0.25, 0.3) is 0 Å². The maximum absolute atomic E-state index is 11.5. The first-order valence-electron chi connectivity index (χ1n) is 10.8. The van der Waals surface area contributed by atoms with Crippen LogP contribution in [-0.2, 0) is 16.1 Å². The van der Waals surface area contributed by atoms with E-state index in [1.807, 2.05) is 55.5 Å². The molecule has 2 aromatic rings. The van der Waals surface area contributed by atoms with Gasteiger partial charge in [0, 0.05) is 13.0 Å². The maximum atomic E-state index is 11.5. The number of nitrogens with one attached hydrogen (secondary N) is 1. The smallest absolute Gasteiger partial charge is 0.329 e. The molecule has 0 unspecified atom stereocenters. The lowest BCUT2D eigenvalue weighted by Crippen LogP contribution is -2.52. The molecule has 1 amide bonds. The third-order valence-corrected chi connectivity index (χ3v) is 5.53. The van der Waals surface area contributed by atoms with Crippen LogP contribution in [0, 0.1) is 6.57 Å². The largest absolute Gasteiger partial charge is 0.480 e. The SMILES string of the molecule is CCCCC(=O)NC1(C(=O)O)CCCC1.[C-]#[N+]c1ccccc1-c1ccc(CN)cc1. The van der Waals surface area contributed by atoms with Crippen molar-refractivity contribution in [1.29, 1.82) is 0 Å². The molecule has 0 atom stereocenters. The molecule has 0 aromatic heterocycles. The summed E-state index contributed by atoms with van der Waals surface area (Å²) < 4.78 is 0. The van der Waals surface area contributed by atoms with E-state index in [1.165, 1.54) is 0 Å². The molecule has 0 aliphatic heterocycles. The van der Waals surface area contributed by atoms with Gasteiger partial charge < -0.3 is 16.2 Å². The monoisotopic (exact) mass is 421 g/mol. The molecule has 6 nitrogen and oxygen atoms in total. The molecule has 0 bridgehead atoms. The minimum absolute atomic E-state index is 0.124. The quantitative estimate of drug-likeness (QED) is 0.545. The summed E-state index contributed by atoms with van der Waals surface area (Å²) in [5.74, 6) is -1.01. The van der Waals surface area contributed by atoms with E-state index in [0.717, 1.165) is 42.4 Å². The Morgan fingerprint density at radius 2 is 1.77 bits per heavy atom. The van der Waals surface area contributed by atoms with Crippen molar-refractivity contribution in [3.05, 3.63) is 65.5 Å². The lowest BCUT2D eigenvalue weighted by molar-refractivity contribution is -0.147. The zero-order valence-electron chi connectivity index (χ0n) is 18.1. The predicted molar refractivity (Wildman–Crippen MR) is 123 cm³/mol. The predicted octanol–water partition coefficient (Wildman–Crippen LogP) is 5.05. The average Bonchev–Trinajstić information content (AvgIpc) is 3.28. The summed E-state index contributed by atoms with van der Waals surface area (Å²) in [6.45, 7) is 9.67. The van der Waals surface area contributed by atoms with E-state index < -0.39 is 11.5 Å². The molecule has 2 aromatic carbocycles. The van der Waals surface area contributed by atoms with Gasteiger partial charge in [-0.1, -0.05) is 74.7 Å². The Morgan fingerprint density at radius 3 is 2.32 bits per heavy atom. The highest BCUT2D eigenvalue weighted by Crippen LogP contribution is 2.30. The molecule has 4 N–H and O–H groups in total. The third kappa shape index (κ3) is 6.66. The standard InChI is InChI=1S/C14H12N2.C11H19NO3/c1-16-14-5-3-2-4-13(14)12-8-6-11(10-15)7-9-12;1-2-3-6-9(13)12-11(10(14)15)7-4-5-8-11/h2-9H,10,15H2;2-8H2,1H3,(H,12,13)(H,14,15). The maximum Gasteiger partial charge on any atom is 0.329 e. The number of carbonyl (C=O) groups excluding carboxylic acids is 1. The van der Waals surface area contributed by atoms with Crippen molar-refractivity contribution >= 4 is 17.6 Å². The number of hydrogen-bond donors (Lipinski definition) is 3. The van der Waals surface area contributed by atoms with Gasteiger partial charge >= 0.3 is 5.97 Å². The lowest BCUT2D eigenvalue weighted by Gasteiger charge is -2.25. The van der Waals surface area contributed by atoms with Crippen LogP contribution in [0.4, 0.5) is 5.69 Å². The molecular formula is C25H31N3O3. The van der Waals surface area contributed by atoms with Crippen LogP contribution in [0.5, 0.6) is 0 Å². The molecular weight excluding hydrogens is 390 g/mol. The first-order chi connectivity index (χ1) is 15.0. The van der Waals surface area contributed by atoms with Gasteiger partial charge in [-0.05, 0) is 36.0 Å². The number of nitrogens with two attached hydrogens (primary N) is 1. The van der Waals surface area contributed by atoms with Crippen LogP contribution >= 0.6 is 0 Å². The van der Waals surface area contributed by atoms with Crippen molar-refractivity contribution in [2.24, 2.45) is 5.73 Å². The molecule has 3 rings (SSSR count). The summed E-state index contributed by atoms with van der Waals surface area (Å²) in [6, 6.07) is 15.6. The topological polar surface area (TPSA) is 96.8 Å². The van der Waals surface area contributed by atoms with E-state index >= 15 is 0 Å². The molecule has 0 heterocycles. The van der Waals surface area contributed by atoms with Gasteiger partial charge in [-0.2, -0.15) is 0 Å². The van der Waals surface area contributed by atoms with Gasteiger partial charge in [-0.15, -0.1) is 0 Å². The van der Waals surface area contributed by atoms with E-state index in [-0.39, 0.29) is 5.91 Å². The summed E-state index contributed by atoms with van der Waals surface area (Å²) >= 11 is 0. The van der Waals surface area contributed by atoms with Crippen molar-refractivity contribution in [3.8, 4) is 11.1 Å². The molecule has 1 fully saturated rings. The van der Waals surface area contributed by atoms with Crippen LogP contribution in [0.15, 0.2) is 48.5 Å². The Balaban J connectivity index is 0.000000221. The summed E-state index contributed by atoms with van der Waals surface area (Å²) in [4.78, 5) is 26.1. The van der Waals surface area contributed by atoms with Crippen molar-refractivity contribution in [2.45, 2.75) is 64.0 Å². The fourth-order valence-electron chi connectivity index (χ4n) is 3.67. The Bertz CT molecular complexity index is 910. The van der Waals surface area contributed by atoms with E-state index in [1.54, 1.807) is 0 Å².